The first-order valence-corrected chi connectivity index (χ1v) is 11.6. The molecule has 7 heteroatoms. The van der Waals surface area contributed by atoms with Gasteiger partial charge >= 0.3 is 0 Å². The van der Waals surface area contributed by atoms with Crippen molar-refractivity contribution in [1.82, 2.24) is 9.80 Å². The number of halogens is 2. The number of rotatable bonds is 4. The summed E-state index contributed by atoms with van der Waals surface area (Å²) in [6.07, 6.45) is 1.07. The van der Waals surface area contributed by atoms with E-state index in [1.165, 1.54) is 0 Å². The van der Waals surface area contributed by atoms with Crippen LogP contribution in [0.5, 0.6) is 0 Å². The van der Waals surface area contributed by atoms with Crippen LogP contribution in [0, 0.1) is 10.8 Å². The fourth-order valence-corrected chi connectivity index (χ4v) is 5.62. The van der Waals surface area contributed by atoms with Crippen molar-refractivity contribution in [3.63, 3.8) is 0 Å². The molecule has 2 aromatic rings. The summed E-state index contributed by atoms with van der Waals surface area (Å²) in [5.74, 6) is -0.198. The van der Waals surface area contributed by atoms with Crippen molar-refractivity contribution in [3.8, 4) is 0 Å². The van der Waals surface area contributed by atoms with Gasteiger partial charge in [0.05, 0.1) is 32.0 Å². The Morgan fingerprint density at radius 3 is 1.41 bits per heavy atom. The highest BCUT2D eigenvalue weighted by Gasteiger charge is 2.60. The van der Waals surface area contributed by atoms with Crippen molar-refractivity contribution in [2.45, 2.75) is 26.7 Å². The number of amides is 2. The van der Waals surface area contributed by atoms with Crippen molar-refractivity contribution in [2.24, 2.45) is 10.8 Å². The number of Topliss-reactive ketones (excluding diaryl/α,β-unsaturated/α-hetero) is 1. The minimum atomic E-state index is -0.819. The molecule has 0 aromatic heterocycles. The molecule has 2 amide bonds. The van der Waals surface area contributed by atoms with Crippen LogP contribution in [0.3, 0.4) is 0 Å². The molecule has 5 nitrogen and oxygen atoms in total. The maximum absolute atomic E-state index is 13.7. The lowest BCUT2D eigenvalue weighted by Gasteiger charge is -2.57. The van der Waals surface area contributed by atoms with Gasteiger partial charge in [0.1, 0.15) is 0 Å². The zero-order valence-electron chi connectivity index (χ0n) is 18.2. The number of benzene rings is 2. The van der Waals surface area contributed by atoms with Gasteiger partial charge in [0.15, 0.2) is 5.78 Å². The van der Waals surface area contributed by atoms with Gasteiger partial charge in [0.2, 0.25) is 0 Å². The maximum atomic E-state index is 13.7. The molecule has 2 aromatic carbocycles. The fourth-order valence-electron chi connectivity index (χ4n) is 5.19. The van der Waals surface area contributed by atoms with Crippen LogP contribution in [-0.4, -0.2) is 53.6 Å². The van der Waals surface area contributed by atoms with E-state index in [4.69, 9.17) is 23.2 Å². The Morgan fingerprint density at radius 1 is 0.750 bits per heavy atom. The molecular formula is C25H26Cl2N2O3. The molecule has 0 atom stereocenters. The number of ketones is 1. The van der Waals surface area contributed by atoms with E-state index in [-0.39, 0.29) is 43.8 Å². The normalized spacial score (nSPS) is 25.1. The van der Waals surface area contributed by atoms with Gasteiger partial charge < -0.3 is 9.80 Å². The second kappa shape index (κ2) is 8.53. The van der Waals surface area contributed by atoms with E-state index in [1.807, 2.05) is 13.8 Å². The van der Waals surface area contributed by atoms with Crippen LogP contribution in [0.25, 0.3) is 0 Å². The second-order valence-electron chi connectivity index (χ2n) is 8.88. The first-order chi connectivity index (χ1) is 15.3. The van der Waals surface area contributed by atoms with Crippen molar-refractivity contribution in [2.75, 3.05) is 26.2 Å². The minimum absolute atomic E-state index is 0.154. The molecule has 168 valence electrons. The Balaban J connectivity index is 1.71. The molecule has 0 saturated carbocycles. The third-order valence-electron chi connectivity index (χ3n) is 7.07. The van der Waals surface area contributed by atoms with E-state index in [2.05, 4.69) is 0 Å². The van der Waals surface area contributed by atoms with Crippen LogP contribution in [0.1, 0.15) is 47.4 Å². The van der Waals surface area contributed by atoms with Gasteiger partial charge in [0.25, 0.3) is 11.8 Å². The third kappa shape index (κ3) is 3.61. The Bertz CT molecular complexity index is 989. The summed E-state index contributed by atoms with van der Waals surface area (Å²) in [5.41, 5.74) is -0.771. The summed E-state index contributed by atoms with van der Waals surface area (Å²) in [7, 11) is 0. The van der Waals surface area contributed by atoms with Gasteiger partial charge in [0, 0.05) is 26.2 Å². The van der Waals surface area contributed by atoms with Gasteiger partial charge in [-0.25, -0.2) is 0 Å². The zero-order valence-corrected chi connectivity index (χ0v) is 19.7. The summed E-state index contributed by atoms with van der Waals surface area (Å²) in [5, 5.41) is 0.789. The van der Waals surface area contributed by atoms with Crippen molar-refractivity contribution in [3.05, 3.63) is 69.7 Å². The summed E-state index contributed by atoms with van der Waals surface area (Å²) in [6.45, 7) is 4.96. The molecule has 32 heavy (non-hydrogen) atoms. The molecule has 0 unspecified atom stereocenters. The van der Waals surface area contributed by atoms with Crippen LogP contribution >= 0.6 is 23.2 Å². The molecule has 2 bridgehead atoms. The highest BCUT2D eigenvalue weighted by molar-refractivity contribution is 6.34. The fraction of sp³-hybridized carbons (Fsp3) is 0.400. The van der Waals surface area contributed by atoms with E-state index < -0.39 is 10.8 Å². The molecule has 2 heterocycles. The lowest BCUT2D eigenvalue weighted by Crippen LogP contribution is -2.71. The first kappa shape index (κ1) is 22.8. The predicted molar refractivity (Wildman–Crippen MR) is 125 cm³/mol. The quantitative estimate of drug-likeness (QED) is 0.631. The number of likely N-dealkylation sites (tertiary alicyclic amines) is 2. The number of piperidine rings is 2. The minimum Gasteiger partial charge on any atom is -0.336 e. The number of fused-ring (bicyclic) bond motifs is 2. The molecule has 2 fully saturated rings. The number of hydrogen-bond acceptors (Lipinski definition) is 3. The lowest BCUT2D eigenvalue weighted by molar-refractivity contribution is -0.157. The summed E-state index contributed by atoms with van der Waals surface area (Å²) in [6, 6.07) is 13.9. The van der Waals surface area contributed by atoms with Gasteiger partial charge in [-0.15, -0.1) is 0 Å². The molecule has 0 spiro atoms. The largest absolute Gasteiger partial charge is 0.336 e. The first-order valence-electron chi connectivity index (χ1n) is 10.9. The van der Waals surface area contributed by atoms with Crippen molar-refractivity contribution in [1.29, 1.82) is 0 Å². The molecular weight excluding hydrogens is 447 g/mol. The smallest absolute Gasteiger partial charge is 0.255 e. The number of carbonyl (C=O) groups excluding carboxylic acids is 3. The summed E-state index contributed by atoms with van der Waals surface area (Å²) < 4.78 is 0. The molecule has 0 aliphatic carbocycles. The van der Waals surface area contributed by atoms with Crippen LogP contribution in [0.2, 0.25) is 10.0 Å². The predicted octanol–water partition coefficient (Wildman–Crippen LogP) is 4.97. The lowest BCUT2D eigenvalue weighted by atomic mass is 9.60. The molecule has 0 N–H and O–H groups in total. The van der Waals surface area contributed by atoms with Crippen LogP contribution < -0.4 is 0 Å². The number of carbonyl (C=O) groups is 3. The zero-order chi connectivity index (χ0) is 23.1. The highest BCUT2D eigenvalue weighted by Crippen LogP contribution is 2.47. The van der Waals surface area contributed by atoms with E-state index in [1.54, 1.807) is 58.3 Å². The van der Waals surface area contributed by atoms with E-state index >= 15 is 0 Å². The summed E-state index contributed by atoms with van der Waals surface area (Å²) in [4.78, 5) is 44.0. The number of hydrogen-bond donors (Lipinski definition) is 0. The van der Waals surface area contributed by atoms with Crippen LogP contribution in [-0.2, 0) is 4.79 Å². The van der Waals surface area contributed by atoms with E-state index in [9.17, 15) is 14.4 Å². The topological polar surface area (TPSA) is 57.7 Å². The van der Waals surface area contributed by atoms with Crippen molar-refractivity contribution < 1.29 is 14.4 Å². The molecule has 4 rings (SSSR count). The number of nitrogens with zero attached hydrogens (tertiary/aromatic N) is 2. The Morgan fingerprint density at radius 2 is 1.09 bits per heavy atom. The Kier molecular flexibility index (Phi) is 6.08. The molecule has 2 saturated heterocycles. The Hall–Kier alpha value is -2.37. The van der Waals surface area contributed by atoms with Gasteiger partial charge in [-0.3, -0.25) is 14.4 Å². The average Bonchev–Trinajstić information content (AvgIpc) is 2.79. The Labute approximate surface area is 198 Å². The standard InChI is InChI=1S/C25H26Cl2N2O3/c1-3-24-13-28(21(30)17-9-5-7-11-19(17)26)15-25(4-2,23(24)32)16-29(14-24)22(31)18-10-6-8-12-20(18)27/h5-12H,3-4,13-16H2,1-2H3. The molecule has 2 aliphatic heterocycles. The monoisotopic (exact) mass is 472 g/mol. The highest BCUT2D eigenvalue weighted by atomic mass is 35.5. The average molecular weight is 473 g/mol. The van der Waals surface area contributed by atoms with Gasteiger partial charge in [-0.2, -0.15) is 0 Å². The van der Waals surface area contributed by atoms with E-state index in [0.717, 1.165) is 0 Å². The van der Waals surface area contributed by atoms with Crippen LogP contribution in [0.15, 0.2) is 48.5 Å². The summed E-state index contributed by atoms with van der Waals surface area (Å²) >= 11 is 12.6. The third-order valence-corrected chi connectivity index (χ3v) is 7.73. The van der Waals surface area contributed by atoms with Gasteiger partial charge in [-0.1, -0.05) is 61.3 Å². The van der Waals surface area contributed by atoms with E-state index in [0.29, 0.717) is 34.0 Å². The molecule has 0 radical (unpaired) electrons. The second-order valence-corrected chi connectivity index (χ2v) is 9.69. The molecule has 2 aliphatic rings. The van der Waals surface area contributed by atoms with Gasteiger partial charge in [-0.05, 0) is 37.1 Å². The maximum Gasteiger partial charge on any atom is 0.255 e. The van der Waals surface area contributed by atoms with Crippen molar-refractivity contribution >= 4 is 40.8 Å². The SMILES string of the molecule is CCC12CN(C(=O)c3ccccc3Cl)CC(CC)(CN(C(=O)c3ccccc3Cl)C1)C2=O. The van der Waals surface area contributed by atoms with Crippen LogP contribution in [0.4, 0.5) is 0 Å².